The zero-order valence-electron chi connectivity index (χ0n) is 17.8. The van der Waals surface area contributed by atoms with Gasteiger partial charge in [0.2, 0.25) is 5.91 Å². The van der Waals surface area contributed by atoms with Crippen molar-refractivity contribution in [1.82, 2.24) is 20.0 Å². The van der Waals surface area contributed by atoms with E-state index in [1.54, 1.807) is 39.0 Å². The van der Waals surface area contributed by atoms with Crippen LogP contribution in [0.2, 0.25) is 5.02 Å². The third kappa shape index (κ3) is 5.16. The average molecular weight is 436 g/mol. The number of nitrogens with zero attached hydrogens (tertiary/aromatic N) is 3. The first-order chi connectivity index (χ1) is 14.2. The summed E-state index contributed by atoms with van der Waals surface area (Å²) < 4.78 is 0. The zero-order chi connectivity index (χ0) is 21.9. The maximum Gasteiger partial charge on any atom is 0.321 e. The van der Waals surface area contributed by atoms with Crippen molar-refractivity contribution in [2.45, 2.75) is 33.2 Å². The van der Waals surface area contributed by atoms with Crippen molar-refractivity contribution < 1.29 is 14.4 Å². The van der Waals surface area contributed by atoms with Crippen LogP contribution < -0.4 is 10.6 Å². The standard InChI is InChI=1S/C21H30ClN5O3/c1-4-25-12-21(11-18(25)28)13-26(19(29)23-15(2)3)8-9-27(14-21)20(30)24-17-7-5-6-16(22)10-17/h5-7,10,15H,4,8-9,11-14H2,1-3H3,(H,23,29)(H,24,30). The normalized spacial score (nSPS) is 21.9. The quantitative estimate of drug-likeness (QED) is 0.765. The Morgan fingerprint density at radius 2 is 1.80 bits per heavy atom. The van der Waals surface area contributed by atoms with Gasteiger partial charge in [-0.2, -0.15) is 0 Å². The van der Waals surface area contributed by atoms with E-state index in [0.29, 0.717) is 56.4 Å². The zero-order valence-corrected chi connectivity index (χ0v) is 18.5. The van der Waals surface area contributed by atoms with Crippen molar-refractivity contribution >= 4 is 35.3 Å². The van der Waals surface area contributed by atoms with Crippen LogP contribution >= 0.6 is 11.6 Å². The van der Waals surface area contributed by atoms with Crippen LogP contribution in [0.4, 0.5) is 15.3 Å². The minimum Gasteiger partial charge on any atom is -0.342 e. The highest BCUT2D eigenvalue weighted by molar-refractivity contribution is 6.30. The molecule has 0 aliphatic carbocycles. The lowest BCUT2D eigenvalue weighted by Gasteiger charge is -2.33. The second kappa shape index (κ2) is 9.12. The number of amides is 5. The third-order valence-corrected chi connectivity index (χ3v) is 5.78. The highest BCUT2D eigenvalue weighted by Gasteiger charge is 2.47. The van der Waals surface area contributed by atoms with E-state index in [1.165, 1.54) is 0 Å². The number of carbonyl (C=O) groups is 3. The predicted octanol–water partition coefficient (Wildman–Crippen LogP) is 2.85. The number of hydrogen-bond acceptors (Lipinski definition) is 3. The maximum absolute atomic E-state index is 13.0. The molecule has 164 valence electrons. The number of hydrogen-bond donors (Lipinski definition) is 2. The number of urea groups is 2. The Kier molecular flexibility index (Phi) is 6.75. The Bertz CT molecular complexity index is 818. The van der Waals surface area contributed by atoms with Gasteiger partial charge in [-0.05, 0) is 39.0 Å². The van der Waals surface area contributed by atoms with E-state index < -0.39 is 5.41 Å². The van der Waals surface area contributed by atoms with Gasteiger partial charge < -0.3 is 25.3 Å². The first-order valence-electron chi connectivity index (χ1n) is 10.4. The van der Waals surface area contributed by atoms with Crippen molar-refractivity contribution in [3.63, 3.8) is 0 Å². The lowest BCUT2D eigenvalue weighted by molar-refractivity contribution is -0.127. The van der Waals surface area contributed by atoms with Gasteiger partial charge in [0.1, 0.15) is 0 Å². The Morgan fingerprint density at radius 1 is 1.13 bits per heavy atom. The van der Waals surface area contributed by atoms with Crippen LogP contribution in [0.1, 0.15) is 27.2 Å². The van der Waals surface area contributed by atoms with E-state index in [1.807, 2.05) is 20.8 Å². The first kappa shape index (κ1) is 22.2. The summed E-state index contributed by atoms with van der Waals surface area (Å²) in [6.07, 6.45) is 0.327. The minimum absolute atomic E-state index is 0.0104. The van der Waals surface area contributed by atoms with Gasteiger partial charge in [0.25, 0.3) is 0 Å². The fraction of sp³-hybridized carbons (Fsp3) is 0.571. The molecule has 2 aliphatic heterocycles. The molecule has 2 N–H and O–H groups in total. The number of likely N-dealkylation sites (tertiary alicyclic amines) is 1. The largest absolute Gasteiger partial charge is 0.342 e. The second-order valence-electron chi connectivity index (χ2n) is 8.47. The summed E-state index contributed by atoms with van der Waals surface area (Å²) in [4.78, 5) is 43.5. The molecule has 5 amide bonds. The Balaban J connectivity index is 1.81. The van der Waals surface area contributed by atoms with Crippen LogP contribution in [0.25, 0.3) is 0 Å². The van der Waals surface area contributed by atoms with Gasteiger partial charge in [-0.25, -0.2) is 9.59 Å². The fourth-order valence-corrected chi connectivity index (χ4v) is 4.38. The molecule has 0 radical (unpaired) electrons. The summed E-state index contributed by atoms with van der Waals surface area (Å²) in [7, 11) is 0. The second-order valence-corrected chi connectivity index (χ2v) is 8.91. The van der Waals surface area contributed by atoms with E-state index in [2.05, 4.69) is 10.6 Å². The van der Waals surface area contributed by atoms with E-state index in [9.17, 15) is 14.4 Å². The van der Waals surface area contributed by atoms with E-state index in [-0.39, 0.29) is 24.0 Å². The molecular weight excluding hydrogens is 406 g/mol. The molecule has 2 heterocycles. The fourth-order valence-electron chi connectivity index (χ4n) is 4.19. The number of rotatable bonds is 3. The molecule has 2 aliphatic rings. The highest BCUT2D eigenvalue weighted by Crippen LogP contribution is 2.35. The van der Waals surface area contributed by atoms with Gasteiger partial charge in [0, 0.05) is 67.9 Å². The van der Waals surface area contributed by atoms with Gasteiger partial charge in [-0.15, -0.1) is 0 Å². The third-order valence-electron chi connectivity index (χ3n) is 5.54. The Morgan fingerprint density at radius 3 is 2.37 bits per heavy atom. The number of anilines is 1. The number of nitrogens with one attached hydrogen (secondary N) is 2. The molecule has 1 spiro atoms. The topological polar surface area (TPSA) is 85.0 Å². The van der Waals surface area contributed by atoms with Crippen LogP contribution in [-0.2, 0) is 4.79 Å². The van der Waals surface area contributed by atoms with Crippen molar-refractivity contribution in [2.75, 3.05) is 44.6 Å². The summed E-state index contributed by atoms with van der Waals surface area (Å²) in [6.45, 7) is 8.57. The Hall–Kier alpha value is -2.48. The molecule has 2 fully saturated rings. The molecular formula is C21H30ClN5O3. The average Bonchev–Trinajstić information content (AvgIpc) is 2.85. The van der Waals surface area contributed by atoms with Gasteiger partial charge >= 0.3 is 12.1 Å². The number of benzene rings is 1. The van der Waals surface area contributed by atoms with E-state index in [0.717, 1.165) is 0 Å². The first-order valence-corrected chi connectivity index (χ1v) is 10.7. The number of carbonyl (C=O) groups excluding carboxylic acids is 3. The molecule has 9 heteroatoms. The maximum atomic E-state index is 13.0. The summed E-state index contributed by atoms with van der Waals surface area (Å²) in [5.41, 5.74) is 0.127. The molecule has 2 saturated heterocycles. The van der Waals surface area contributed by atoms with Gasteiger partial charge in [-0.1, -0.05) is 17.7 Å². The summed E-state index contributed by atoms with van der Waals surface area (Å²) in [5.74, 6) is 0.0683. The highest BCUT2D eigenvalue weighted by atomic mass is 35.5. The van der Waals surface area contributed by atoms with Crippen molar-refractivity contribution in [1.29, 1.82) is 0 Å². The molecule has 1 atom stereocenters. The summed E-state index contributed by atoms with van der Waals surface area (Å²) in [6, 6.07) is 6.57. The molecule has 1 aromatic carbocycles. The summed E-state index contributed by atoms with van der Waals surface area (Å²) >= 11 is 6.02. The molecule has 8 nitrogen and oxygen atoms in total. The molecule has 0 aromatic heterocycles. The van der Waals surface area contributed by atoms with Crippen LogP contribution in [0.15, 0.2) is 24.3 Å². The smallest absolute Gasteiger partial charge is 0.321 e. The van der Waals surface area contributed by atoms with E-state index >= 15 is 0 Å². The van der Waals surface area contributed by atoms with Gasteiger partial charge in [0.05, 0.1) is 0 Å². The molecule has 1 aromatic rings. The van der Waals surface area contributed by atoms with Crippen molar-refractivity contribution in [3.05, 3.63) is 29.3 Å². The van der Waals surface area contributed by atoms with Gasteiger partial charge in [-0.3, -0.25) is 4.79 Å². The predicted molar refractivity (Wildman–Crippen MR) is 117 cm³/mol. The molecule has 1 unspecified atom stereocenters. The SMILES string of the molecule is CCN1CC2(CC1=O)CN(C(=O)Nc1cccc(Cl)c1)CCN(C(=O)NC(C)C)C2. The van der Waals surface area contributed by atoms with Crippen LogP contribution in [-0.4, -0.2) is 78.0 Å². The summed E-state index contributed by atoms with van der Waals surface area (Å²) in [5, 5.41) is 6.35. The van der Waals surface area contributed by atoms with Crippen LogP contribution in [0, 0.1) is 5.41 Å². The lowest BCUT2D eigenvalue weighted by Crippen LogP contribution is -2.49. The van der Waals surface area contributed by atoms with Crippen LogP contribution in [0.5, 0.6) is 0 Å². The molecule has 3 rings (SSSR count). The lowest BCUT2D eigenvalue weighted by atomic mass is 9.86. The van der Waals surface area contributed by atoms with Crippen molar-refractivity contribution in [3.8, 4) is 0 Å². The minimum atomic E-state index is -0.483. The van der Waals surface area contributed by atoms with Crippen LogP contribution in [0.3, 0.4) is 0 Å². The monoisotopic (exact) mass is 435 g/mol. The molecule has 0 bridgehead atoms. The van der Waals surface area contributed by atoms with E-state index in [4.69, 9.17) is 11.6 Å². The molecule has 30 heavy (non-hydrogen) atoms. The Labute approximate surface area is 182 Å². The van der Waals surface area contributed by atoms with Crippen molar-refractivity contribution in [2.24, 2.45) is 5.41 Å². The molecule has 0 saturated carbocycles. The number of halogens is 1. The van der Waals surface area contributed by atoms with Gasteiger partial charge in [0.15, 0.2) is 0 Å².